The summed E-state index contributed by atoms with van der Waals surface area (Å²) in [4.78, 5) is 10.6. The van der Waals surface area contributed by atoms with Crippen molar-refractivity contribution in [2.75, 3.05) is 7.05 Å². The normalized spacial score (nSPS) is 43.6. The molecule has 1 aliphatic heterocycles. The zero-order valence-corrected chi connectivity index (χ0v) is 7.49. The molecule has 14 heavy (non-hydrogen) atoms. The molecule has 5 N–H and O–H groups in total. The number of carbonyl (C=O) groups is 1. The molecule has 5 unspecified atom stereocenters. The molecule has 7 nitrogen and oxygen atoms in total. The van der Waals surface area contributed by atoms with Gasteiger partial charge in [-0.15, -0.1) is 0 Å². The van der Waals surface area contributed by atoms with Crippen LogP contribution in [-0.4, -0.2) is 64.1 Å². The van der Waals surface area contributed by atoms with E-state index < -0.39 is 36.6 Å². The largest absolute Gasteiger partial charge is 0.479 e. The van der Waals surface area contributed by atoms with Gasteiger partial charge < -0.3 is 25.2 Å². The Morgan fingerprint density at radius 3 is 2.21 bits per heavy atom. The Morgan fingerprint density at radius 2 is 1.79 bits per heavy atom. The van der Waals surface area contributed by atoms with Gasteiger partial charge >= 0.3 is 5.97 Å². The fraction of sp³-hybridized carbons (Fsp3) is 0.857. The van der Waals surface area contributed by atoms with Crippen LogP contribution in [0.5, 0.6) is 0 Å². The van der Waals surface area contributed by atoms with E-state index in [-0.39, 0.29) is 0 Å². The van der Waals surface area contributed by atoms with Crippen LogP contribution in [0.1, 0.15) is 0 Å². The van der Waals surface area contributed by atoms with Crippen molar-refractivity contribution in [1.82, 2.24) is 5.32 Å². The van der Waals surface area contributed by atoms with Crippen molar-refractivity contribution in [3.63, 3.8) is 0 Å². The lowest BCUT2D eigenvalue weighted by Crippen LogP contribution is -2.62. The van der Waals surface area contributed by atoms with E-state index in [4.69, 9.17) is 9.84 Å². The number of aliphatic hydroxyl groups is 3. The van der Waals surface area contributed by atoms with E-state index in [1.54, 1.807) is 0 Å². The highest BCUT2D eigenvalue weighted by atomic mass is 16.6. The fourth-order valence-electron chi connectivity index (χ4n) is 1.32. The lowest BCUT2D eigenvalue weighted by Gasteiger charge is -2.38. The molecule has 0 aromatic carbocycles. The van der Waals surface area contributed by atoms with Crippen LogP contribution in [0, 0.1) is 0 Å². The third-order valence-corrected chi connectivity index (χ3v) is 2.14. The van der Waals surface area contributed by atoms with E-state index in [2.05, 4.69) is 5.32 Å². The van der Waals surface area contributed by atoms with Gasteiger partial charge in [0.15, 0.2) is 6.10 Å². The predicted octanol–water partition coefficient (Wildman–Crippen LogP) is -2.90. The maximum atomic E-state index is 10.6. The van der Waals surface area contributed by atoms with Crippen molar-refractivity contribution in [2.24, 2.45) is 0 Å². The van der Waals surface area contributed by atoms with Gasteiger partial charge in [-0.3, -0.25) is 5.32 Å². The van der Waals surface area contributed by atoms with E-state index in [1.165, 1.54) is 7.05 Å². The van der Waals surface area contributed by atoms with Gasteiger partial charge in [-0.05, 0) is 7.05 Å². The maximum Gasteiger partial charge on any atom is 0.335 e. The summed E-state index contributed by atoms with van der Waals surface area (Å²) in [7, 11) is 1.44. The van der Waals surface area contributed by atoms with Gasteiger partial charge in [-0.2, -0.15) is 0 Å². The number of likely N-dealkylation sites (N-methyl/N-ethyl adjacent to an activating group) is 1. The Morgan fingerprint density at radius 1 is 1.21 bits per heavy atom. The lowest BCUT2D eigenvalue weighted by molar-refractivity contribution is -0.232. The van der Waals surface area contributed by atoms with Gasteiger partial charge in [0, 0.05) is 0 Å². The Labute approximate surface area is 79.9 Å². The molecular weight excluding hydrogens is 194 g/mol. The monoisotopic (exact) mass is 207 g/mol. The highest BCUT2D eigenvalue weighted by molar-refractivity contribution is 5.73. The molecule has 0 aromatic heterocycles. The van der Waals surface area contributed by atoms with Crippen LogP contribution in [0.15, 0.2) is 0 Å². The van der Waals surface area contributed by atoms with Gasteiger partial charge in [0.25, 0.3) is 0 Å². The highest BCUT2D eigenvalue weighted by Gasteiger charge is 2.46. The summed E-state index contributed by atoms with van der Waals surface area (Å²) < 4.78 is 4.82. The topological polar surface area (TPSA) is 119 Å². The first-order chi connectivity index (χ1) is 6.49. The first-order valence-electron chi connectivity index (χ1n) is 4.08. The zero-order chi connectivity index (χ0) is 10.9. The minimum Gasteiger partial charge on any atom is -0.479 e. The molecule has 0 aliphatic carbocycles. The highest BCUT2D eigenvalue weighted by Crippen LogP contribution is 2.19. The molecule has 0 saturated carbocycles. The Balaban J connectivity index is 2.78. The summed E-state index contributed by atoms with van der Waals surface area (Å²) in [6.07, 6.45) is -7.07. The second-order valence-electron chi connectivity index (χ2n) is 3.08. The summed E-state index contributed by atoms with van der Waals surface area (Å²) in [6, 6.07) is 0. The first kappa shape index (κ1) is 11.3. The first-order valence-corrected chi connectivity index (χ1v) is 4.08. The van der Waals surface area contributed by atoms with Crippen molar-refractivity contribution in [2.45, 2.75) is 30.6 Å². The van der Waals surface area contributed by atoms with E-state index in [0.717, 1.165) is 0 Å². The maximum absolute atomic E-state index is 10.6. The van der Waals surface area contributed by atoms with Gasteiger partial charge in [-0.1, -0.05) is 0 Å². The van der Waals surface area contributed by atoms with Crippen LogP contribution < -0.4 is 5.32 Å². The molecule has 1 fully saturated rings. The van der Waals surface area contributed by atoms with E-state index in [0.29, 0.717) is 0 Å². The van der Waals surface area contributed by atoms with E-state index in [9.17, 15) is 20.1 Å². The van der Waals surface area contributed by atoms with Gasteiger partial charge in [0.2, 0.25) is 0 Å². The van der Waals surface area contributed by atoms with Gasteiger partial charge in [0.1, 0.15) is 24.5 Å². The lowest BCUT2D eigenvalue weighted by atomic mass is 9.98. The third-order valence-electron chi connectivity index (χ3n) is 2.14. The molecule has 1 aliphatic rings. The molecule has 82 valence electrons. The van der Waals surface area contributed by atoms with E-state index >= 15 is 0 Å². The molecule has 5 atom stereocenters. The summed E-state index contributed by atoms with van der Waals surface area (Å²) in [6.45, 7) is 0. The van der Waals surface area contributed by atoms with Crippen LogP contribution in [0.4, 0.5) is 0 Å². The van der Waals surface area contributed by atoms with Crippen molar-refractivity contribution < 1.29 is 30.0 Å². The molecule has 1 saturated heterocycles. The number of aliphatic hydroxyl groups excluding tert-OH is 3. The Kier molecular flexibility index (Phi) is 3.40. The smallest absolute Gasteiger partial charge is 0.335 e. The molecule has 1 rings (SSSR count). The Hall–Kier alpha value is -0.730. The summed E-state index contributed by atoms with van der Waals surface area (Å²) in [5.41, 5.74) is 0. The molecule has 0 aromatic rings. The number of ether oxygens (including phenoxy) is 1. The van der Waals surface area contributed by atoms with Crippen LogP contribution >= 0.6 is 0 Å². The number of carboxylic acids is 1. The number of hydrogen-bond acceptors (Lipinski definition) is 6. The molecular formula is C7H13NO6. The Bertz CT molecular complexity index is 220. The van der Waals surface area contributed by atoms with Crippen molar-refractivity contribution in [3.8, 4) is 0 Å². The fourth-order valence-corrected chi connectivity index (χ4v) is 1.32. The third kappa shape index (κ3) is 1.86. The molecule has 1 heterocycles. The SMILES string of the molecule is CNC1OC(C(=O)O)C(O)C(O)C1O. The number of nitrogens with one attached hydrogen (secondary N) is 1. The average molecular weight is 207 g/mol. The second kappa shape index (κ2) is 4.20. The van der Waals surface area contributed by atoms with Crippen molar-refractivity contribution in [1.29, 1.82) is 0 Å². The standard InChI is InChI=1S/C7H13NO6/c1-8-6-4(11)2(9)3(10)5(14-6)7(12)13/h2-6,8-11H,1H3,(H,12,13). The molecule has 0 bridgehead atoms. The number of rotatable bonds is 2. The summed E-state index contributed by atoms with van der Waals surface area (Å²) in [5.74, 6) is -1.39. The van der Waals surface area contributed by atoms with Crippen LogP contribution in [0.2, 0.25) is 0 Å². The number of hydrogen-bond donors (Lipinski definition) is 5. The predicted molar refractivity (Wildman–Crippen MR) is 43.4 cm³/mol. The molecule has 0 spiro atoms. The average Bonchev–Trinajstić information content (AvgIpc) is 2.14. The quantitative estimate of drug-likeness (QED) is 0.329. The van der Waals surface area contributed by atoms with Crippen molar-refractivity contribution in [3.05, 3.63) is 0 Å². The van der Waals surface area contributed by atoms with Crippen LogP contribution in [-0.2, 0) is 9.53 Å². The van der Waals surface area contributed by atoms with Crippen molar-refractivity contribution >= 4 is 5.97 Å². The van der Waals surface area contributed by atoms with Gasteiger partial charge in [-0.25, -0.2) is 4.79 Å². The molecule has 7 heteroatoms. The number of aliphatic carboxylic acids is 1. The zero-order valence-electron chi connectivity index (χ0n) is 7.49. The number of carboxylic acid groups (broad SMARTS) is 1. The van der Waals surface area contributed by atoms with Crippen LogP contribution in [0.25, 0.3) is 0 Å². The minimum absolute atomic E-state index is 1.01. The molecule has 0 radical (unpaired) electrons. The van der Waals surface area contributed by atoms with Crippen LogP contribution in [0.3, 0.4) is 0 Å². The van der Waals surface area contributed by atoms with Gasteiger partial charge in [0.05, 0.1) is 0 Å². The minimum atomic E-state index is -1.63. The molecule has 0 amide bonds. The second-order valence-corrected chi connectivity index (χ2v) is 3.08. The summed E-state index contributed by atoms with van der Waals surface area (Å²) in [5, 5.41) is 39.0. The van der Waals surface area contributed by atoms with E-state index in [1.807, 2.05) is 0 Å². The summed E-state index contributed by atoms with van der Waals surface area (Å²) >= 11 is 0.